The molecule has 238 valence electrons. The lowest BCUT2D eigenvalue weighted by Crippen LogP contribution is -2.36. The van der Waals surface area contributed by atoms with Gasteiger partial charge in [0.2, 0.25) is 0 Å². The predicted octanol–water partition coefficient (Wildman–Crippen LogP) is 12.6. The number of aromatic nitrogens is 1. The van der Waals surface area contributed by atoms with Gasteiger partial charge in [-0.2, -0.15) is 0 Å². The van der Waals surface area contributed by atoms with E-state index in [1.54, 1.807) is 0 Å². The molecule has 8 aromatic carbocycles. The molecule has 2 nitrogen and oxygen atoms in total. The van der Waals surface area contributed by atoms with E-state index < -0.39 is 5.41 Å². The standard InChI is InChI=1S/C49H32N2/c1-3-15-35(16-4-1)50-45-24-12-8-20-39(45)40-31-33(28-30-46(40)50)34-27-29-38-37-19-7-9-21-41(37)49(44(38)32-34)42-22-10-13-25-47(42)51(36-17-5-2-6-18-36)48-26-14-11-23-43(48)49/h1-32H. The van der Waals surface area contributed by atoms with Crippen molar-refractivity contribution in [3.8, 4) is 27.9 Å². The molecule has 2 heterocycles. The fourth-order valence-electron chi connectivity index (χ4n) is 9.15. The van der Waals surface area contributed by atoms with Crippen molar-refractivity contribution >= 4 is 38.9 Å². The van der Waals surface area contributed by atoms with E-state index in [4.69, 9.17) is 0 Å². The van der Waals surface area contributed by atoms with Crippen molar-refractivity contribution in [2.75, 3.05) is 4.90 Å². The Bertz CT molecular complexity index is 2760. The molecular formula is C49H32N2. The molecular weight excluding hydrogens is 617 g/mol. The molecule has 0 radical (unpaired) electrons. The number of anilines is 3. The first-order valence-corrected chi connectivity index (χ1v) is 17.7. The van der Waals surface area contributed by atoms with Crippen LogP contribution in [0.15, 0.2) is 194 Å². The van der Waals surface area contributed by atoms with Gasteiger partial charge in [0.1, 0.15) is 0 Å². The van der Waals surface area contributed by atoms with Crippen LogP contribution in [0.25, 0.3) is 49.7 Å². The maximum absolute atomic E-state index is 2.48. The lowest BCUT2D eigenvalue weighted by atomic mass is 9.64. The molecule has 0 atom stereocenters. The van der Waals surface area contributed by atoms with Crippen LogP contribution in [0.4, 0.5) is 17.1 Å². The highest BCUT2D eigenvalue weighted by Gasteiger charge is 2.51. The van der Waals surface area contributed by atoms with Gasteiger partial charge in [-0.3, -0.25) is 0 Å². The van der Waals surface area contributed by atoms with E-state index in [1.165, 1.54) is 83.4 Å². The van der Waals surface area contributed by atoms with Crippen LogP contribution in [0.2, 0.25) is 0 Å². The number of benzene rings is 8. The number of fused-ring (bicyclic) bond motifs is 12. The molecule has 1 aromatic heterocycles. The summed E-state index contributed by atoms with van der Waals surface area (Å²) in [6.07, 6.45) is 0. The largest absolute Gasteiger partial charge is 0.310 e. The Morgan fingerprint density at radius 3 is 1.61 bits per heavy atom. The summed E-state index contributed by atoms with van der Waals surface area (Å²) in [4.78, 5) is 2.44. The van der Waals surface area contributed by atoms with E-state index in [1.807, 2.05) is 0 Å². The Kier molecular flexibility index (Phi) is 5.91. The van der Waals surface area contributed by atoms with E-state index in [-0.39, 0.29) is 0 Å². The van der Waals surface area contributed by atoms with Gasteiger partial charge in [-0.25, -0.2) is 0 Å². The second-order valence-electron chi connectivity index (χ2n) is 13.7. The minimum absolute atomic E-state index is 0.478. The van der Waals surface area contributed by atoms with Crippen molar-refractivity contribution in [3.63, 3.8) is 0 Å². The zero-order valence-corrected chi connectivity index (χ0v) is 27.9. The van der Waals surface area contributed by atoms with Crippen molar-refractivity contribution in [1.82, 2.24) is 4.57 Å². The Balaban J connectivity index is 1.18. The SMILES string of the molecule is c1ccc(N2c3ccccc3C3(c4ccccc4-c4ccc(-c5ccc6c(c5)c5ccccc5n6-c5ccccc5)cc43)c3ccccc32)cc1. The van der Waals surface area contributed by atoms with Crippen LogP contribution in [0.1, 0.15) is 22.3 Å². The molecule has 2 heteroatoms. The van der Waals surface area contributed by atoms with Crippen LogP contribution in [0.3, 0.4) is 0 Å². The summed E-state index contributed by atoms with van der Waals surface area (Å²) in [6.45, 7) is 0. The van der Waals surface area contributed by atoms with Crippen molar-refractivity contribution in [2.45, 2.75) is 5.41 Å². The Labute approximate surface area is 297 Å². The van der Waals surface area contributed by atoms with Crippen molar-refractivity contribution in [2.24, 2.45) is 0 Å². The fourth-order valence-corrected chi connectivity index (χ4v) is 9.15. The van der Waals surface area contributed by atoms with Gasteiger partial charge in [0.25, 0.3) is 0 Å². The average Bonchev–Trinajstić information content (AvgIpc) is 3.69. The minimum Gasteiger partial charge on any atom is -0.310 e. The second kappa shape index (κ2) is 10.7. The highest BCUT2D eigenvalue weighted by atomic mass is 15.2. The van der Waals surface area contributed by atoms with E-state index in [2.05, 4.69) is 204 Å². The van der Waals surface area contributed by atoms with Gasteiger partial charge < -0.3 is 9.47 Å². The normalized spacial score (nSPS) is 13.6. The fraction of sp³-hybridized carbons (Fsp3) is 0.0204. The van der Waals surface area contributed by atoms with Crippen LogP contribution < -0.4 is 4.90 Å². The summed E-state index contributed by atoms with van der Waals surface area (Å²) in [5.41, 5.74) is 17.0. The summed E-state index contributed by atoms with van der Waals surface area (Å²) < 4.78 is 2.39. The van der Waals surface area contributed by atoms with Gasteiger partial charge in [-0.05, 0) is 105 Å². The van der Waals surface area contributed by atoms with E-state index in [0.29, 0.717) is 0 Å². The molecule has 0 saturated heterocycles. The molecule has 1 aliphatic heterocycles. The van der Waals surface area contributed by atoms with Crippen molar-refractivity contribution in [1.29, 1.82) is 0 Å². The van der Waals surface area contributed by atoms with Crippen LogP contribution in [-0.2, 0) is 5.41 Å². The maximum Gasteiger partial charge on any atom is 0.0754 e. The molecule has 0 amide bonds. The minimum atomic E-state index is -0.478. The van der Waals surface area contributed by atoms with Gasteiger partial charge in [0.15, 0.2) is 0 Å². The van der Waals surface area contributed by atoms with E-state index in [0.717, 1.165) is 5.69 Å². The third-order valence-electron chi connectivity index (χ3n) is 11.2. The Morgan fingerprint density at radius 2 is 0.863 bits per heavy atom. The molecule has 2 aliphatic rings. The summed E-state index contributed by atoms with van der Waals surface area (Å²) in [5, 5.41) is 2.52. The van der Waals surface area contributed by atoms with Crippen LogP contribution >= 0.6 is 0 Å². The highest BCUT2D eigenvalue weighted by molar-refractivity contribution is 6.10. The molecule has 0 bridgehead atoms. The Morgan fingerprint density at radius 1 is 0.333 bits per heavy atom. The molecule has 11 rings (SSSR count). The summed E-state index contributed by atoms with van der Waals surface area (Å²) in [5.74, 6) is 0. The lowest BCUT2D eigenvalue weighted by Gasteiger charge is -2.45. The van der Waals surface area contributed by atoms with Gasteiger partial charge in [0.05, 0.1) is 27.8 Å². The number of rotatable bonds is 3. The van der Waals surface area contributed by atoms with Gasteiger partial charge >= 0.3 is 0 Å². The predicted molar refractivity (Wildman–Crippen MR) is 212 cm³/mol. The number of para-hydroxylation sites is 5. The molecule has 0 unspecified atom stereocenters. The second-order valence-corrected chi connectivity index (χ2v) is 13.7. The zero-order valence-electron chi connectivity index (χ0n) is 27.9. The summed E-state index contributed by atoms with van der Waals surface area (Å²) in [6, 6.07) is 71.5. The topological polar surface area (TPSA) is 8.17 Å². The summed E-state index contributed by atoms with van der Waals surface area (Å²) in [7, 11) is 0. The van der Waals surface area contributed by atoms with Gasteiger partial charge in [-0.15, -0.1) is 0 Å². The molecule has 51 heavy (non-hydrogen) atoms. The van der Waals surface area contributed by atoms with Crippen LogP contribution in [-0.4, -0.2) is 4.57 Å². The molecule has 1 spiro atoms. The van der Waals surface area contributed by atoms with Crippen molar-refractivity contribution < 1.29 is 0 Å². The molecule has 1 aliphatic carbocycles. The highest BCUT2D eigenvalue weighted by Crippen LogP contribution is 2.63. The van der Waals surface area contributed by atoms with Crippen LogP contribution in [0.5, 0.6) is 0 Å². The molecule has 9 aromatic rings. The van der Waals surface area contributed by atoms with Gasteiger partial charge in [0, 0.05) is 22.1 Å². The number of hydrogen-bond donors (Lipinski definition) is 0. The maximum atomic E-state index is 2.48. The third kappa shape index (κ3) is 3.82. The molecule has 0 N–H and O–H groups in total. The number of nitrogens with zero attached hydrogens (tertiary/aromatic N) is 2. The van der Waals surface area contributed by atoms with Crippen molar-refractivity contribution in [3.05, 3.63) is 216 Å². The van der Waals surface area contributed by atoms with Gasteiger partial charge in [-0.1, -0.05) is 133 Å². The number of hydrogen-bond acceptors (Lipinski definition) is 1. The monoisotopic (exact) mass is 648 g/mol. The first kappa shape index (κ1) is 28.2. The molecule has 0 fully saturated rings. The quantitative estimate of drug-likeness (QED) is 0.185. The van der Waals surface area contributed by atoms with Crippen LogP contribution in [0, 0.1) is 0 Å². The van der Waals surface area contributed by atoms with E-state index >= 15 is 0 Å². The lowest BCUT2D eigenvalue weighted by molar-refractivity contribution is 0.753. The van der Waals surface area contributed by atoms with E-state index in [9.17, 15) is 0 Å². The smallest absolute Gasteiger partial charge is 0.0754 e. The third-order valence-corrected chi connectivity index (χ3v) is 11.2. The summed E-state index contributed by atoms with van der Waals surface area (Å²) >= 11 is 0. The first-order chi connectivity index (χ1) is 25.3. The average molecular weight is 649 g/mol. The Hall–Kier alpha value is -6.64. The first-order valence-electron chi connectivity index (χ1n) is 17.7. The molecule has 0 saturated carbocycles. The zero-order chi connectivity index (χ0) is 33.5.